The van der Waals surface area contributed by atoms with Gasteiger partial charge in [0, 0.05) is 24.7 Å². The highest BCUT2D eigenvalue weighted by molar-refractivity contribution is 6.07. The van der Waals surface area contributed by atoms with Crippen molar-refractivity contribution in [1.82, 2.24) is 9.88 Å². The van der Waals surface area contributed by atoms with Crippen molar-refractivity contribution in [2.45, 2.75) is 45.1 Å². The lowest BCUT2D eigenvalue weighted by Gasteiger charge is -2.46. The molecule has 1 aromatic carbocycles. The van der Waals surface area contributed by atoms with Crippen LogP contribution in [0.3, 0.4) is 0 Å². The molecule has 2 N–H and O–H groups in total. The van der Waals surface area contributed by atoms with E-state index in [2.05, 4.69) is 5.32 Å². The summed E-state index contributed by atoms with van der Waals surface area (Å²) in [4.78, 5) is 12.8. The number of aliphatic hydroxyl groups excluding tert-OH is 1. The van der Waals surface area contributed by atoms with Gasteiger partial charge in [-0.2, -0.15) is 0 Å². The molecule has 5 rings (SSSR count). The lowest BCUT2D eigenvalue weighted by molar-refractivity contribution is 0.0597. The van der Waals surface area contributed by atoms with E-state index in [1.165, 1.54) is 44.6 Å². The van der Waals surface area contributed by atoms with Gasteiger partial charge in [0.25, 0.3) is 5.91 Å². The first-order valence-corrected chi connectivity index (χ1v) is 9.28. The molecule has 3 saturated carbocycles. The van der Waals surface area contributed by atoms with Crippen LogP contribution in [0.15, 0.2) is 24.4 Å². The highest BCUT2D eigenvalue weighted by Gasteiger charge is 2.40. The molecule has 0 aliphatic heterocycles. The molecule has 3 aliphatic rings. The number of fused-ring (bicyclic) bond motifs is 4. The molecule has 4 nitrogen and oxygen atoms in total. The van der Waals surface area contributed by atoms with Crippen molar-refractivity contribution in [3.63, 3.8) is 0 Å². The topological polar surface area (TPSA) is 54.3 Å². The van der Waals surface area contributed by atoms with Gasteiger partial charge in [-0.3, -0.25) is 4.79 Å². The summed E-state index contributed by atoms with van der Waals surface area (Å²) in [6.07, 6.45) is 9.07. The van der Waals surface area contributed by atoms with Gasteiger partial charge in [-0.05, 0) is 62.0 Å². The van der Waals surface area contributed by atoms with Gasteiger partial charge in [0.05, 0.1) is 17.7 Å². The van der Waals surface area contributed by atoms with Crippen molar-refractivity contribution < 1.29 is 14.3 Å². The predicted octanol–water partition coefficient (Wildman–Crippen LogP) is 3.47. The summed E-state index contributed by atoms with van der Waals surface area (Å²) in [6.45, 7) is 0.976. The number of aliphatic hydroxyl groups is 1. The Kier molecular flexibility index (Phi) is 4.28. The second-order valence-corrected chi connectivity index (χ2v) is 7.76. The molecule has 0 atom stereocenters. The van der Waals surface area contributed by atoms with Gasteiger partial charge in [-0.25, -0.2) is 4.39 Å². The monoisotopic (exact) mass is 344 g/mol. The van der Waals surface area contributed by atoms with Crippen molar-refractivity contribution in [3.05, 3.63) is 35.8 Å². The maximum Gasteiger partial charge on any atom is 0.253 e. The number of benzene rings is 1. The van der Waals surface area contributed by atoms with E-state index in [1.807, 2.05) is 0 Å². The zero-order valence-corrected chi connectivity index (χ0v) is 14.4. The Hall–Kier alpha value is -1.88. The van der Waals surface area contributed by atoms with E-state index in [0.29, 0.717) is 29.6 Å². The Bertz CT molecular complexity index is 777. The van der Waals surface area contributed by atoms with Crippen molar-refractivity contribution in [2.24, 2.45) is 11.3 Å². The number of carbonyl (C=O) groups excluding carboxylic acids is 1. The number of amides is 1. The minimum Gasteiger partial charge on any atom is -0.395 e. The predicted molar refractivity (Wildman–Crippen MR) is 94.9 cm³/mol. The SMILES string of the molecule is O=C(NCC12CCC(CC1)CC2)c1cn(CCO)c2cccc(F)c12. The fraction of sp³-hybridized carbons (Fsp3) is 0.550. The van der Waals surface area contributed by atoms with Crippen LogP contribution in [-0.4, -0.2) is 28.7 Å². The van der Waals surface area contributed by atoms with Gasteiger partial charge in [0.1, 0.15) is 5.82 Å². The van der Waals surface area contributed by atoms with Crippen LogP contribution in [0.2, 0.25) is 0 Å². The van der Waals surface area contributed by atoms with Crippen molar-refractivity contribution in [1.29, 1.82) is 0 Å². The third kappa shape index (κ3) is 2.95. The number of carbonyl (C=O) groups is 1. The highest BCUT2D eigenvalue weighted by Crippen LogP contribution is 2.49. The van der Waals surface area contributed by atoms with E-state index in [9.17, 15) is 14.3 Å². The Morgan fingerprint density at radius 2 is 2.00 bits per heavy atom. The minimum atomic E-state index is -0.393. The molecule has 3 fully saturated rings. The number of hydrogen-bond donors (Lipinski definition) is 2. The number of nitrogens with one attached hydrogen (secondary N) is 1. The lowest BCUT2D eigenvalue weighted by atomic mass is 9.61. The Morgan fingerprint density at radius 3 is 2.68 bits per heavy atom. The molecule has 0 unspecified atom stereocenters. The van der Waals surface area contributed by atoms with Crippen molar-refractivity contribution in [3.8, 4) is 0 Å². The third-order valence-electron chi connectivity index (χ3n) is 6.31. The van der Waals surface area contributed by atoms with Crippen LogP contribution in [0.5, 0.6) is 0 Å². The van der Waals surface area contributed by atoms with Crippen LogP contribution >= 0.6 is 0 Å². The molecule has 0 spiro atoms. The zero-order valence-electron chi connectivity index (χ0n) is 14.4. The van der Waals surface area contributed by atoms with Crippen LogP contribution in [0.4, 0.5) is 4.39 Å². The molecular weight excluding hydrogens is 319 g/mol. The smallest absolute Gasteiger partial charge is 0.253 e. The molecule has 1 amide bonds. The Morgan fingerprint density at radius 1 is 1.28 bits per heavy atom. The fourth-order valence-electron chi connectivity index (χ4n) is 4.74. The van der Waals surface area contributed by atoms with Gasteiger partial charge in [0.2, 0.25) is 0 Å². The molecule has 2 bridgehead atoms. The van der Waals surface area contributed by atoms with Crippen LogP contribution in [0.1, 0.15) is 48.9 Å². The van der Waals surface area contributed by atoms with Gasteiger partial charge >= 0.3 is 0 Å². The number of nitrogens with zero attached hydrogens (tertiary/aromatic N) is 1. The van der Waals surface area contributed by atoms with E-state index >= 15 is 0 Å². The quantitative estimate of drug-likeness (QED) is 0.873. The Labute approximate surface area is 147 Å². The standard InChI is InChI=1S/C20H25FN2O2/c21-16-2-1-3-17-18(16)15(12-23(17)10-11-24)19(25)22-13-20-7-4-14(5-8-20)6-9-20/h1-3,12,14,24H,4-11,13H2,(H,22,25). The molecule has 25 heavy (non-hydrogen) atoms. The van der Waals surface area contributed by atoms with E-state index in [4.69, 9.17) is 0 Å². The first kappa shape index (κ1) is 16.6. The highest BCUT2D eigenvalue weighted by atomic mass is 19.1. The lowest BCUT2D eigenvalue weighted by Crippen LogP contribution is -2.43. The second kappa shape index (κ2) is 6.45. The van der Waals surface area contributed by atoms with Crippen LogP contribution in [-0.2, 0) is 6.54 Å². The zero-order chi connectivity index (χ0) is 17.4. The molecule has 0 radical (unpaired) electrons. The van der Waals surface area contributed by atoms with E-state index in [-0.39, 0.29) is 17.9 Å². The van der Waals surface area contributed by atoms with Crippen LogP contribution < -0.4 is 5.32 Å². The number of aromatic nitrogens is 1. The molecular formula is C20H25FN2O2. The maximum absolute atomic E-state index is 14.3. The van der Waals surface area contributed by atoms with E-state index in [0.717, 1.165) is 5.92 Å². The van der Waals surface area contributed by atoms with E-state index in [1.54, 1.807) is 22.9 Å². The molecule has 134 valence electrons. The third-order valence-corrected chi connectivity index (χ3v) is 6.31. The first-order chi connectivity index (χ1) is 12.1. The van der Waals surface area contributed by atoms with Crippen molar-refractivity contribution >= 4 is 16.8 Å². The van der Waals surface area contributed by atoms with Crippen LogP contribution in [0, 0.1) is 17.2 Å². The number of halogens is 1. The second-order valence-electron chi connectivity index (χ2n) is 7.76. The normalized spacial score (nSPS) is 25.4. The molecule has 1 heterocycles. The number of rotatable bonds is 5. The first-order valence-electron chi connectivity index (χ1n) is 9.28. The summed E-state index contributed by atoms with van der Waals surface area (Å²) in [6, 6.07) is 4.79. The molecule has 0 saturated heterocycles. The average Bonchev–Trinajstić information content (AvgIpc) is 3.02. The molecule has 1 aromatic heterocycles. The summed E-state index contributed by atoms with van der Waals surface area (Å²) < 4.78 is 16.1. The summed E-state index contributed by atoms with van der Waals surface area (Å²) in [7, 11) is 0. The van der Waals surface area contributed by atoms with Gasteiger partial charge in [-0.1, -0.05) is 6.07 Å². The molecule has 5 heteroatoms. The average molecular weight is 344 g/mol. The Balaban J connectivity index is 1.57. The van der Waals surface area contributed by atoms with Gasteiger partial charge in [-0.15, -0.1) is 0 Å². The maximum atomic E-state index is 14.3. The van der Waals surface area contributed by atoms with Gasteiger partial charge < -0.3 is 15.0 Å². The summed E-state index contributed by atoms with van der Waals surface area (Å²) >= 11 is 0. The largest absolute Gasteiger partial charge is 0.395 e. The fourth-order valence-corrected chi connectivity index (χ4v) is 4.74. The summed E-state index contributed by atoms with van der Waals surface area (Å²) in [5.74, 6) is 0.285. The van der Waals surface area contributed by atoms with Crippen molar-refractivity contribution in [2.75, 3.05) is 13.2 Å². The van der Waals surface area contributed by atoms with Gasteiger partial charge in [0.15, 0.2) is 0 Å². The minimum absolute atomic E-state index is 0.0500. The number of hydrogen-bond acceptors (Lipinski definition) is 2. The summed E-state index contributed by atoms with van der Waals surface area (Å²) in [5, 5.41) is 12.6. The summed E-state index contributed by atoms with van der Waals surface area (Å²) in [5.41, 5.74) is 1.25. The molecule has 2 aromatic rings. The molecule has 3 aliphatic carbocycles. The van der Waals surface area contributed by atoms with E-state index < -0.39 is 5.82 Å². The van der Waals surface area contributed by atoms with Crippen LogP contribution in [0.25, 0.3) is 10.9 Å².